The molecule has 1 aromatic heterocycles. The first kappa shape index (κ1) is 11.7. The fraction of sp³-hybridized carbons (Fsp3) is 0.200. The number of halogens is 3. The van der Waals surface area contributed by atoms with Crippen molar-refractivity contribution in [3.05, 3.63) is 27.3 Å². The van der Waals surface area contributed by atoms with E-state index in [4.69, 9.17) is 34.8 Å². The Hall–Kier alpha value is -0.770. The lowest BCUT2D eigenvalue weighted by Crippen LogP contribution is -2.05. The van der Waals surface area contributed by atoms with Gasteiger partial charge in [0.25, 0.3) is 0 Å². The summed E-state index contributed by atoms with van der Waals surface area (Å²) in [7, 11) is 0. The number of hydrogen-bond donors (Lipinski definition) is 0. The Morgan fingerprint density at radius 1 is 1.38 bits per heavy atom. The van der Waals surface area contributed by atoms with Crippen LogP contribution in [0, 0.1) is 0 Å². The Labute approximate surface area is 107 Å². The zero-order valence-corrected chi connectivity index (χ0v) is 10.6. The molecule has 0 saturated heterocycles. The van der Waals surface area contributed by atoms with Crippen LogP contribution in [0.2, 0.25) is 15.1 Å². The Kier molecular flexibility index (Phi) is 3.10. The number of Topliss-reactive ketones (excluding diaryl/α,β-unsaturated/α-hetero) is 1. The molecule has 3 nitrogen and oxygen atoms in total. The van der Waals surface area contributed by atoms with Crippen LogP contribution in [0.15, 0.2) is 12.3 Å². The first-order valence-electron chi connectivity index (χ1n) is 4.49. The van der Waals surface area contributed by atoms with Crippen molar-refractivity contribution in [1.29, 1.82) is 0 Å². The number of ketones is 1. The summed E-state index contributed by atoms with van der Waals surface area (Å²) >= 11 is 17.9. The van der Waals surface area contributed by atoms with Gasteiger partial charge in [-0.25, -0.2) is 0 Å². The van der Waals surface area contributed by atoms with Gasteiger partial charge in [-0.2, -0.15) is 5.10 Å². The molecule has 0 aliphatic heterocycles. The lowest BCUT2D eigenvalue weighted by molar-refractivity contribution is -0.117. The van der Waals surface area contributed by atoms with E-state index >= 15 is 0 Å². The lowest BCUT2D eigenvalue weighted by Gasteiger charge is -1.97. The highest BCUT2D eigenvalue weighted by atomic mass is 35.5. The van der Waals surface area contributed by atoms with Crippen molar-refractivity contribution in [3.63, 3.8) is 0 Å². The highest BCUT2D eigenvalue weighted by molar-refractivity contribution is 6.47. The van der Waals surface area contributed by atoms with Gasteiger partial charge in [0.15, 0.2) is 5.78 Å². The van der Waals surface area contributed by atoms with Gasteiger partial charge in [-0.3, -0.25) is 9.48 Å². The monoisotopic (exact) mass is 276 g/mol. The lowest BCUT2D eigenvalue weighted by atomic mass is 10.2. The quantitative estimate of drug-likeness (QED) is 0.786. The van der Waals surface area contributed by atoms with Crippen LogP contribution in [-0.2, 0) is 11.3 Å². The third-order valence-corrected chi connectivity index (χ3v) is 3.16. The van der Waals surface area contributed by atoms with E-state index in [0.29, 0.717) is 26.0 Å². The van der Waals surface area contributed by atoms with Crippen LogP contribution in [0.25, 0.3) is 10.9 Å². The van der Waals surface area contributed by atoms with Crippen molar-refractivity contribution in [3.8, 4) is 0 Å². The second-order valence-electron chi connectivity index (χ2n) is 3.45. The van der Waals surface area contributed by atoms with E-state index in [1.165, 1.54) is 11.6 Å². The molecule has 16 heavy (non-hydrogen) atoms. The number of fused-ring (bicyclic) bond motifs is 1. The van der Waals surface area contributed by atoms with Gasteiger partial charge in [0.05, 0.1) is 21.6 Å². The summed E-state index contributed by atoms with van der Waals surface area (Å²) in [4.78, 5) is 11.0. The van der Waals surface area contributed by atoms with E-state index in [1.54, 1.807) is 12.3 Å². The van der Waals surface area contributed by atoms with Crippen LogP contribution in [0.3, 0.4) is 0 Å². The second-order valence-corrected chi connectivity index (χ2v) is 4.64. The maximum Gasteiger partial charge on any atom is 0.151 e. The predicted molar refractivity (Wildman–Crippen MR) is 65.4 cm³/mol. The molecule has 0 amide bonds. The van der Waals surface area contributed by atoms with Gasteiger partial charge in [-0.1, -0.05) is 34.8 Å². The zero-order chi connectivity index (χ0) is 11.9. The van der Waals surface area contributed by atoms with Crippen molar-refractivity contribution < 1.29 is 4.79 Å². The minimum absolute atomic E-state index is 0.00569. The first-order valence-corrected chi connectivity index (χ1v) is 5.62. The summed E-state index contributed by atoms with van der Waals surface area (Å²) in [5.74, 6) is 0.00569. The normalized spacial score (nSPS) is 11.0. The van der Waals surface area contributed by atoms with Gasteiger partial charge >= 0.3 is 0 Å². The summed E-state index contributed by atoms with van der Waals surface area (Å²) in [5, 5.41) is 6.04. The standard InChI is InChI=1S/C10H7Cl3N2O/c1-5(16)3-15-4-6-7(11)2-8(12)9(13)10(6)14-15/h2,4H,3H2,1H3. The maximum atomic E-state index is 11.0. The highest BCUT2D eigenvalue weighted by Crippen LogP contribution is 2.34. The summed E-state index contributed by atoms with van der Waals surface area (Å²) in [5.41, 5.74) is 0.514. The third-order valence-electron chi connectivity index (χ3n) is 2.07. The van der Waals surface area contributed by atoms with Crippen molar-refractivity contribution in [1.82, 2.24) is 9.78 Å². The number of hydrogen-bond acceptors (Lipinski definition) is 2. The van der Waals surface area contributed by atoms with Gasteiger partial charge in [-0.05, 0) is 13.0 Å². The number of carbonyl (C=O) groups excluding carboxylic acids is 1. The highest BCUT2D eigenvalue weighted by Gasteiger charge is 2.12. The largest absolute Gasteiger partial charge is 0.298 e. The summed E-state index contributed by atoms with van der Waals surface area (Å²) in [6.07, 6.45) is 1.68. The summed E-state index contributed by atoms with van der Waals surface area (Å²) in [6, 6.07) is 1.56. The number of nitrogens with zero attached hydrogens (tertiary/aromatic N) is 2. The average Bonchev–Trinajstić information content (AvgIpc) is 2.58. The van der Waals surface area contributed by atoms with Crippen LogP contribution >= 0.6 is 34.8 Å². The number of rotatable bonds is 2. The Morgan fingerprint density at radius 2 is 2.06 bits per heavy atom. The molecule has 0 aliphatic rings. The molecule has 84 valence electrons. The topological polar surface area (TPSA) is 34.9 Å². The molecule has 2 aromatic rings. The fourth-order valence-electron chi connectivity index (χ4n) is 1.43. The molecule has 6 heteroatoms. The van der Waals surface area contributed by atoms with E-state index in [9.17, 15) is 4.79 Å². The van der Waals surface area contributed by atoms with E-state index < -0.39 is 0 Å². The molecular formula is C10H7Cl3N2O. The van der Waals surface area contributed by atoms with Gasteiger partial charge in [0.2, 0.25) is 0 Å². The van der Waals surface area contributed by atoms with E-state index in [0.717, 1.165) is 0 Å². The number of carbonyl (C=O) groups is 1. The van der Waals surface area contributed by atoms with E-state index in [2.05, 4.69) is 5.10 Å². The molecule has 0 spiro atoms. The molecule has 1 heterocycles. The molecule has 0 aliphatic carbocycles. The predicted octanol–water partition coefficient (Wildman–Crippen LogP) is 3.59. The van der Waals surface area contributed by atoms with Crippen LogP contribution in [0.4, 0.5) is 0 Å². The average molecular weight is 278 g/mol. The molecule has 0 N–H and O–H groups in total. The van der Waals surface area contributed by atoms with Crippen LogP contribution in [0.5, 0.6) is 0 Å². The molecule has 0 atom stereocenters. The second kappa shape index (κ2) is 4.24. The zero-order valence-electron chi connectivity index (χ0n) is 8.30. The van der Waals surface area contributed by atoms with Gasteiger partial charge in [0.1, 0.15) is 5.52 Å². The minimum Gasteiger partial charge on any atom is -0.298 e. The van der Waals surface area contributed by atoms with Crippen molar-refractivity contribution in [2.75, 3.05) is 0 Å². The van der Waals surface area contributed by atoms with Crippen molar-refractivity contribution in [2.24, 2.45) is 0 Å². The first-order chi connectivity index (χ1) is 7.49. The van der Waals surface area contributed by atoms with Crippen molar-refractivity contribution >= 4 is 51.5 Å². The van der Waals surface area contributed by atoms with E-state index in [1.807, 2.05) is 0 Å². The van der Waals surface area contributed by atoms with E-state index in [-0.39, 0.29) is 12.3 Å². The minimum atomic E-state index is 0.00569. The van der Waals surface area contributed by atoms with Crippen LogP contribution < -0.4 is 0 Å². The molecular weight excluding hydrogens is 270 g/mol. The number of benzene rings is 1. The molecule has 1 aromatic carbocycles. The molecule has 0 saturated carbocycles. The van der Waals surface area contributed by atoms with Crippen LogP contribution in [-0.4, -0.2) is 15.6 Å². The Balaban J connectivity index is 2.65. The smallest absolute Gasteiger partial charge is 0.151 e. The fourth-order valence-corrected chi connectivity index (χ4v) is 2.13. The molecule has 0 fully saturated rings. The molecule has 0 bridgehead atoms. The van der Waals surface area contributed by atoms with Gasteiger partial charge in [0, 0.05) is 11.6 Å². The summed E-state index contributed by atoms with van der Waals surface area (Å²) in [6.45, 7) is 1.68. The molecule has 0 unspecified atom stereocenters. The van der Waals surface area contributed by atoms with Gasteiger partial charge < -0.3 is 0 Å². The number of aromatic nitrogens is 2. The molecule has 0 radical (unpaired) electrons. The van der Waals surface area contributed by atoms with Gasteiger partial charge in [-0.15, -0.1) is 0 Å². The van der Waals surface area contributed by atoms with Crippen molar-refractivity contribution in [2.45, 2.75) is 13.5 Å². The SMILES string of the molecule is CC(=O)Cn1cc2c(Cl)cc(Cl)c(Cl)c2n1. The third kappa shape index (κ3) is 2.03. The Bertz CT molecular complexity index is 577. The summed E-state index contributed by atoms with van der Waals surface area (Å²) < 4.78 is 1.50. The maximum absolute atomic E-state index is 11.0. The van der Waals surface area contributed by atoms with Crippen LogP contribution in [0.1, 0.15) is 6.92 Å². The molecule has 2 rings (SSSR count). The Morgan fingerprint density at radius 3 is 2.69 bits per heavy atom.